The number of hydrogen-bond donors (Lipinski definition) is 1. The van der Waals surface area contributed by atoms with E-state index in [2.05, 4.69) is 16.8 Å². The lowest BCUT2D eigenvalue weighted by molar-refractivity contribution is -0.165. The summed E-state index contributed by atoms with van der Waals surface area (Å²) in [6.07, 6.45) is 6.74. The molecule has 4 aliphatic carbocycles. The number of hydrogen-bond acceptors (Lipinski definition) is 3. The van der Waals surface area contributed by atoms with Crippen molar-refractivity contribution >= 4 is 0 Å². The molecule has 1 saturated heterocycles. The molecule has 4 bridgehead atoms. The second-order valence-corrected chi connectivity index (χ2v) is 7.99. The Morgan fingerprint density at radius 3 is 2.26 bits per heavy atom. The van der Waals surface area contributed by atoms with Gasteiger partial charge in [0.15, 0.2) is 0 Å². The first-order valence-corrected chi connectivity index (χ1v) is 8.24. The van der Waals surface area contributed by atoms with Gasteiger partial charge in [-0.25, -0.2) is 0 Å². The Morgan fingerprint density at radius 2 is 1.63 bits per heavy atom. The molecule has 0 aromatic carbocycles. The van der Waals surface area contributed by atoms with Crippen LogP contribution in [-0.4, -0.2) is 60.8 Å². The molecule has 5 fully saturated rings. The third kappa shape index (κ3) is 2.05. The second-order valence-electron chi connectivity index (χ2n) is 7.99. The van der Waals surface area contributed by atoms with Crippen molar-refractivity contribution in [3.63, 3.8) is 0 Å². The first-order chi connectivity index (χ1) is 9.14. The summed E-state index contributed by atoms with van der Waals surface area (Å²) in [4.78, 5) is 5.06. The lowest BCUT2D eigenvalue weighted by atomic mass is 9.48. The highest BCUT2D eigenvalue weighted by molar-refractivity contribution is 5.07. The van der Waals surface area contributed by atoms with E-state index in [1.54, 1.807) is 0 Å². The Hall–Kier alpha value is -0.120. The van der Waals surface area contributed by atoms with Gasteiger partial charge in [-0.2, -0.15) is 0 Å². The van der Waals surface area contributed by atoms with Gasteiger partial charge in [0.2, 0.25) is 0 Å². The summed E-state index contributed by atoms with van der Waals surface area (Å²) in [5, 5.41) is 10.8. The molecule has 5 aliphatic rings. The van der Waals surface area contributed by atoms with Crippen LogP contribution < -0.4 is 0 Å². The average Bonchev–Trinajstić information content (AvgIpc) is 2.38. The Labute approximate surface area is 117 Å². The highest BCUT2D eigenvalue weighted by atomic mass is 16.3. The molecule has 19 heavy (non-hydrogen) atoms. The van der Waals surface area contributed by atoms with E-state index in [9.17, 15) is 5.11 Å². The maximum absolute atomic E-state index is 10.8. The molecule has 0 unspecified atom stereocenters. The molecule has 0 aromatic rings. The summed E-state index contributed by atoms with van der Waals surface area (Å²) >= 11 is 0. The van der Waals surface area contributed by atoms with Gasteiger partial charge < -0.3 is 14.9 Å². The van der Waals surface area contributed by atoms with Crippen molar-refractivity contribution in [2.75, 3.05) is 39.8 Å². The fraction of sp³-hybridized carbons (Fsp3) is 1.00. The normalized spacial score (nSPS) is 50.8. The summed E-state index contributed by atoms with van der Waals surface area (Å²) in [6, 6.07) is 0. The predicted octanol–water partition coefficient (Wildman–Crippen LogP) is 1.42. The van der Waals surface area contributed by atoms with E-state index >= 15 is 0 Å². The monoisotopic (exact) mass is 264 g/mol. The lowest BCUT2D eigenvalue weighted by Gasteiger charge is -2.60. The van der Waals surface area contributed by atoms with Gasteiger partial charge in [-0.1, -0.05) is 0 Å². The minimum atomic E-state index is -0.0000406. The molecule has 3 nitrogen and oxygen atoms in total. The van der Waals surface area contributed by atoms with Gasteiger partial charge in [0.25, 0.3) is 0 Å². The zero-order valence-corrected chi connectivity index (χ0v) is 12.2. The first kappa shape index (κ1) is 12.6. The smallest absolute Gasteiger partial charge is 0.0637 e. The maximum Gasteiger partial charge on any atom is 0.0637 e. The molecule has 3 atom stereocenters. The third-order valence-corrected chi connectivity index (χ3v) is 6.54. The second kappa shape index (κ2) is 4.44. The van der Waals surface area contributed by atoms with E-state index in [-0.39, 0.29) is 11.5 Å². The molecular formula is C16H28N2O. The van der Waals surface area contributed by atoms with Crippen molar-refractivity contribution in [1.82, 2.24) is 9.80 Å². The van der Waals surface area contributed by atoms with Crippen LogP contribution >= 0.6 is 0 Å². The zero-order valence-electron chi connectivity index (χ0n) is 12.2. The van der Waals surface area contributed by atoms with Crippen LogP contribution in [-0.2, 0) is 0 Å². The van der Waals surface area contributed by atoms with Crippen molar-refractivity contribution in [2.45, 2.75) is 38.2 Å². The summed E-state index contributed by atoms with van der Waals surface area (Å²) in [7, 11) is 2.22. The molecule has 3 heteroatoms. The minimum Gasteiger partial charge on any atom is -0.392 e. The van der Waals surface area contributed by atoms with Gasteiger partial charge in [0.05, 0.1) is 6.10 Å². The maximum atomic E-state index is 10.8. The van der Waals surface area contributed by atoms with Gasteiger partial charge >= 0.3 is 0 Å². The van der Waals surface area contributed by atoms with Crippen molar-refractivity contribution in [1.29, 1.82) is 0 Å². The van der Waals surface area contributed by atoms with Crippen LogP contribution in [0, 0.1) is 23.2 Å². The fourth-order valence-corrected chi connectivity index (χ4v) is 5.86. The highest BCUT2D eigenvalue weighted by Gasteiger charge is 2.56. The number of aliphatic hydroxyl groups is 1. The molecule has 1 N–H and O–H groups in total. The van der Waals surface area contributed by atoms with Crippen LogP contribution in [0.4, 0.5) is 0 Å². The SMILES string of the molecule is CN1CCN(CC23C[C@@H]4CC(C[C@H](C4)C2)[C@H]3O)CC1. The molecule has 1 aliphatic heterocycles. The molecule has 0 amide bonds. The molecule has 5 rings (SSSR count). The lowest BCUT2D eigenvalue weighted by Crippen LogP contribution is -2.61. The van der Waals surface area contributed by atoms with Crippen LogP contribution in [0.3, 0.4) is 0 Å². The van der Waals surface area contributed by atoms with Crippen molar-refractivity contribution < 1.29 is 5.11 Å². The minimum absolute atomic E-state index is 0.0000406. The molecule has 108 valence electrons. The van der Waals surface area contributed by atoms with Gasteiger partial charge in [-0.15, -0.1) is 0 Å². The number of rotatable bonds is 2. The molecule has 4 saturated carbocycles. The van der Waals surface area contributed by atoms with E-state index in [1.165, 1.54) is 64.8 Å². The van der Waals surface area contributed by atoms with Crippen LogP contribution in [0.2, 0.25) is 0 Å². The molecule has 0 radical (unpaired) electrons. The van der Waals surface area contributed by atoms with Crippen LogP contribution in [0.25, 0.3) is 0 Å². The van der Waals surface area contributed by atoms with Gasteiger partial charge in [-0.05, 0) is 56.9 Å². The molecule has 0 spiro atoms. The topological polar surface area (TPSA) is 26.7 Å². The molecule has 1 heterocycles. The Balaban J connectivity index is 1.49. The summed E-state index contributed by atoms with van der Waals surface area (Å²) in [5.74, 6) is 2.51. The van der Waals surface area contributed by atoms with E-state index in [0.29, 0.717) is 5.92 Å². The summed E-state index contributed by atoms with van der Waals surface area (Å²) in [6.45, 7) is 5.96. The van der Waals surface area contributed by atoms with E-state index < -0.39 is 0 Å². The van der Waals surface area contributed by atoms with E-state index in [0.717, 1.165) is 11.8 Å². The Kier molecular flexibility index (Phi) is 2.95. The van der Waals surface area contributed by atoms with Crippen LogP contribution in [0.15, 0.2) is 0 Å². The van der Waals surface area contributed by atoms with Gasteiger partial charge in [-0.3, -0.25) is 0 Å². The van der Waals surface area contributed by atoms with Crippen LogP contribution in [0.5, 0.6) is 0 Å². The first-order valence-electron chi connectivity index (χ1n) is 8.24. The number of likely N-dealkylation sites (N-methyl/N-ethyl adjacent to an activating group) is 1. The fourth-order valence-electron chi connectivity index (χ4n) is 5.86. The van der Waals surface area contributed by atoms with Crippen molar-refractivity contribution in [2.24, 2.45) is 23.2 Å². The molecular weight excluding hydrogens is 236 g/mol. The predicted molar refractivity (Wildman–Crippen MR) is 75.9 cm³/mol. The molecule has 0 aromatic heterocycles. The highest BCUT2D eigenvalue weighted by Crippen LogP contribution is 2.60. The largest absolute Gasteiger partial charge is 0.392 e. The van der Waals surface area contributed by atoms with E-state index in [4.69, 9.17) is 0 Å². The Bertz CT molecular complexity index is 337. The summed E-state index contributed by atoms with van der Waals surface area (Å²) < 4.78 is 0. The third-order valence-electron chi connectivity index (χ3n) is 6.54. The number of aliphatic hydroxyl groups excluding tert-OH is 1. The zero-order chi connectivity index (χ0) is 13.0. The number of nitrogens with zero attached hydrogens (tertiary/aromatic N) is 2. The standard InChI is InChI=1S/C16H28N2O/c1-17-2-4-18(5-3-17)11-16-9-12-6-13(10-16)8-14(7-12)15(16)19/h12-15,19H,2-11H2,1H3/t12-,13-,14?,15+,16?/m0/s1. The quantitative estimate of drug-likeness (QED) is 0.817. The average molecular weight is 264 g/mol. The van der Waals surface area contributed by atoms with Crippen LogP contribution in [0.1, 0.15) is 32.1 Å². The van der Waals surface area contributed by atoms with Gasteiger partial charge in [0, 0.05) is 38.1 Å². The van der Waals surface area contributed by atoms with Crippen molar-refractivity contribution in [3.05, 3.63) is 0 Å². The summed E-state index contributed by atoms with van der Waals surface area (Å²) in [5.41, 5.74) is 0.269. The number of piperazine rings is 1. The van der Waals surface area contributed by atoms with Gasteiger partial charge in [0.1, 0.15) is 0 Å². The van der Waals surface area contributed by atoms with Crippen molar-refractivity contribution in [3.8, 4) is 0 Å². The Morgan fingerprint density at radius 1 is 1.00 bits per heavy atom. The van der Waals surface area contributed by atoms with E-state index in [1.807, 2.05) is 0 Å².